The summed E-state index contributed by atoms with van der Waals surface area (Å²) in [5.74, 6) is -0.517. The largest absolute Gasteiger partial charge is 0.347 e. The minimum Gasteiger partial charge on any atom is -0.347 e. The molecule has 1 heterocycles. The molecule has 0 radical (unpaired) electrons. The van der Waals surface area contributed by atoms with E-state index in [2.05, 4.69) is 4.99 Å². The van der Waals surface area contributed by atoms with Crippen molar-refractivity contribution in [1.29, 1.82) is 0 Å². The lowest BCUT2D eigenvalue weighted by Gasteiger charge is -2.27. The second kappa shape index (κ2) is 4.80. The number of fused-ring (bicyclic) bond motifs is 1. The van der Waals surface area contributed by atoms with Crippen molar-refractivity contribution in [2.75, 3.05) is 11.6 Å². The van der Waals surface area contributed by atoms with E-state index in [1.165, 1.54) is 24.3 Å². The van der Waals surface area contributed by atoms with Gasteiger partial charge in [-0.1, -0.05) is 12.1 Å². The average molecular weight is 258 g/mol. The Balaban J connectivity index is 1.87. The predicted octanol–water partition coefficient (Wildman–Crippen LogP) is 3.36. The normalized spacial score (nSPS) is 13.5. The molecule has 19 heavy (non-hydrogen) atoms. The molecule has 3 rings (SSSR count). The number of rotatable bonds is 2. The van der Waals surface area contributed by atoms with Crippen molar-refractivity contribution < 1.29 is 8.78 Å². The van der Waals surface area contributed by atoms with Crippen molar-refractivity contribution in [3.8, 4) is 0 Å². The van der Waals surface area contributed by atoms with E-state index in [1.54, 1.807) is 24.4 Å². The SMILES string of the molecule is Fc1ccc(CN2CN=Cc3cc(F)ccc32)cc1. The van der Waals surface area contributed by atoms with E-state index >= 15 is 0 Å². The molecule has 0 saturated heterocycles. The van der Waals surface area contributed by atoms with Crippen LogP contribution in [0.5, 0.6) is 0 Å². The van der Waals surface area contributed by atoms with Crippen LogP contribution >= 0.6 is 0 Å². The quantitative estimate of drug-likeness (QED) is 0.806. The summed E-state index contributed by atoms with van der Waals surface area (Å²) in [5.41, 5.74) is 2.71. The summed E-state index contributed by atoms with van der Waals surface area (Å²) in [6, 6.07) is 11.0. The van der Waals surface area contributed by atoms with E-state index in [4.69, 9.17) is 0 Å². The number of benzene rings is 2. The molecule has 2 nitrogen and oxygen atoms in total. The van der Waals surface area contributed by atoms with Gasteiger partial charge in [0.2, 0.25) is 0 Å². The molecule has 0 spiro atoms. The van der Waals surface area contributed by atoms with Crippen LogP contribution in [-0.4, -0.2) is 12.9 Å². The van der Waals surface area contributed by atoms with Crippen LogP contribution in [0.1, 0.15) is 11.1 Å². The van der Waals surface area contributed by atoms with Crippen molar-refractivity contribution in [2.24, 2.45) is 4.99 Å². The fraction of sp³-hybridized carbons (Fsp3) is 0.133. The Morgan fingerprint density at radius 3 is 2.53 bits per heavy atom. The fourth-order valence-electron chi connectivity index (χ4n) is 2.18. The molecular formula is C15H12F2N2. The van der Waals surface area contributed by atoms with Crippen LogP contribution in [0, 0.1) is 11.6 Å². The summed E-state index contributed by atoms with van der Waals surface area (Å²) in [5, 5.41) is 0. The zero-order valence-corrected chi connectivity index (χ0v) is 10.2. The third-order valence-electron chi connectivity index (χ3n) is 3.10. The summed E-state index contributed by atoms with van der Waals surface area (Å²) in [6.07, 6.45) is 1.68. The highest BCUT2D eigenvalue weighted by Gasteiger charge is 2.14. The Labute approximate surface area is 110 Å². The maximum Gasteiger partial charge on any atom is 0.124 e. The second-order valence-corrected chi connectivity index (χ2v) is 4.48. The molecule has 2 aromatic rings. The Morgan fingerprint density at radius 1 is 1.00 bits per heavy atom. The molecule has 0 N–H and O–H groups in total. The van der Waals surface area contributed by atoms with Crippen LogP contribution in [0.4, 0.5) is 14.5 Å². The summed E-state index contributed by atoms with van der Waals surface area (Å²) >= 11 is 0. The van der Waals surface area contributed by atoms with Crippen LogP contribution in [0.3, 0.4) is 0 Å². The summed E-state index contributed by atoms with van der Waals surface area (Å²) < 4.78 is 26.0. The van der Waals surface area contributed by atoms with Gasteiger partial charge in [0, 0.05) is 24.0 Å². The van der Waals surface area contributed by atoms with Crippen molar-refractivity contribution in [1.82, 2.24) is 0 Å². The molecule has 1 aliphatic heterocycles. The first-order valence-electron chi connectivity index (χ1n) is 6.01. The van der Waals surface area contributed by atoms with Crippen molar-refractivity contribution in [2.45, 2.75) is 6.54 Å². The summed E-state index contributed by atoms with van der Waals surface area (Å²) in [4.78, 5) is 6.24. The van der Waals surface area contributed by atoms with E-state index in [0.717, 1.165) is 16.8 Å². The number of hydrogen-bond donors (Lipinski definition) is 0. The van der Waals surface area contributed by atoms with Gasteiger partial charge in [0.1, 0.15) is 18.3 Å². The van der Waals surface area contributed by atoms with Gasteiger partial charge >= 0.3 is 0 Å². The highest BCUT2D eigenvalue weighted by molar-refractivity contribution is 5.89. The molecule has 0 saturated carbocycles. The Kier molecular flexibility index (Phi) is 2.99. The molecule has 0 fully saturated rings. The van der Waals surface area contributed by atoms with Crippen molar-refractivity contribution in [3.63, 3.8) is 0 Å². The van der Waals surface area contributed by atoms with Gasteiger partial charge in [-0.15, -0.1) is 0 Å². The first-order valence-corrected chi connectivity index (χ1v) is 6.01. The fourth-order valence-corrected chi connectivity index (χ4v) is 2.18. The zero-order chi connectivity index (χ0) is 13.2. The highest BCUT2D eigenvalue weighted by Crippen LogP contribution is 2.25. The van der Waals surface area contributed by atoms with Crippen molar-refractivity contribution in [3.05, 3.63) is 65.2 Å². The Hall–Kier alpha value is -2.23. The summed E-state index contributed by atoms with van der Waals surface area (Å²) in [7, 11) is 0. The zero-order valence-electron chi connectivity index (χ0n) is 10.2. The van der Waals surface area contributed by atoms with Gasteiger partial charge in [0.25, 0.3) is 0 Å². The monoisotopic (exact) mass is 258 g/mol. The van der Waals surface area contributed by atoms with E-state index in [9.17, 15) is 8.78 Å². The summed E-state index contributed by atoms with van der Waals surface area (Å²) in [6.45, 7) is 1.15. The van der Waals surface area contributed by atoms with Gasteiger partial charge in [-0.3, -0.25) is 4.99 Å². The first kappa shape index (κ1) is 11.8. The van der Waals surface area contributed by atoms with Crippen LogP contribution in [0.25, 0.3) is 0 Å². The molecule has 4 heteroatoms. The van der Waals surface area contributed by atoms with Gasteiger partial charge in [0.15, 0.2) is 0 Å². The maximum atomic E-state index is 13.2. The smallest absolute Gasteiger partial charge is 0.124 e. The van der Waals surface area contributed by atoms with E-state index in [0.29, 0.717) is 13.2 Å². The van der Waals surface area contributed by atoms with E-state index in [1.807, 2.05) is 4.90 Å². The highest BCUT2D eigenvalue weighted by atomic mass is 19.1. The van der Waals surface area contributed by atoms with Crippen LogP contribution in [0.2, 0.25) is 0 Å². The topological polar surface area (TPSA) is 15.6 Å². The van der Waals surface area contributed by atoms with Gasteiger partial charge in [-0.2, -0.15) is 0 Å². The maximum absolute atomic E-state index is 13.2. The number of aliphatic imine (C=N–C) groups is 1. The molecule has 0 aliphatic carbocycles. The Bertz CT molecular complexity index is 621. The molecule has 0 atom stereocenters. The van der Waals surface area contributed by atoms with Gasteiger partial charge in [0.05, 0.1) is 0 Å². The minimum atomic E-state index is -0.270. The predicted molar refractivity (Wildman–Crippen MR) is 71.4 cm³/mol. The van der Waals surface area contributed by atoms with Gasteiger partial charge < -0.3 is 4.90 Å². The molecule has 96 valence electrons. The lowest BCUT2D eigenvalue weighted by atomic mass is 10.1. The lowest BCUT2D eigenvalue weighted by molar-refractivity contribution is 0.625. The average Bonchev–Trinajstić information content (AvgIpc) is 2.41. The van der Waals surface area contributed by atoms with Crippen LogP contribution in [0.15, 0.2) is 47.5 Å². The number of nitrogens with zero attached hydrogens (tertiary/aromatic N) is 2. The minimum absolute atomic E-state index is 0.247. The lowest BCUT2D eigenvalue weighted by Crippen LogP contribution is -2.26. The molecule has 2 aromatic carbocycles. The molecular weight excluding hydrogens is 246 g/mol. The number of halogens is 2. The van der Waals surface area contributed by atoms with Crippen molar-refractivity contribution >= 4 is 11.9 Å². The van der Waals surface area contributed by atoms with E-state index in [-0.39, 0.29) is 11.6 Å². The van der Waals surface area contributed by atoms with Gasteiger partial charge in [-0.25, -0.2) is 8.78 Å². The third-order valence-corrected chi connectivity index (χ3v) is 3.10. The number of anilines is 1. The molecule has 0 unspecified atom stereocenters. The molecule has 0 aromatic heterocycles. The Morgan fingerprint density at radius 2 is 1.74 bits per heavy atom. The standard InChI is InChI=1S/C15H12F2N2/c16-13-3-1-11(2-4-13)9-19-10-18-8-12-7-14(17)5-6-15(12)19/h1-8H,9-10H2. The third kappa shape index (κ3) is 2.47. The second-order valence-electron chi connectivity index (χ2n) is 4.48. The van der Waals surface area contributed by atoms with Crippen LogP contribution in [-0.2, 0) is 6.54 Å². The molecule has 1 aliphatic rings. The van der Waals surface area contributed by atoms with E-state index < -0.39 is 0 Å². The molecule has 0 bridgehead atoms. The van der Waals surface area contributed by atoms with Gasteiger partial charge in [-0.05, 0) is 35.9 Å². The molecule has 0 amide bonds. The first-order chi connectivity index (χ1) is 9.22. The van der Waals surface area contributed by atoms with Crippen LogP contribution < -0.4 is 4.90 Å². The number of hydrogen-bond acceptors (Lipinski definition) is 2.